The van der Waals surface area contributed by atoms with Crippen molar-refractivity contribution in [1.29, 1.82) is 0 Å². The molecular formula is C16H18O3. The van der Waals surface area contributed by atoms with E-state index in [0.29, 0.717) is 18.4 Å². The number of carbonyl (C=O) groups is 3. The first kappa shape index (κ1) is 13.7. The van der Waals surface area contributed by atoms with Crippen molar-refractivity contribution in [3.63, 3.8) is 0 Å². The molecule has 0 spiro atoms. The molecule has 0 bridgehead atoms. The summed E-state index contributed by atoms with van der Waals surface area (Å²) in [5.74, 6) is -1.95. The number of aryl methyl sites for hydroxylation is 1. The highest BCUT2D eigenvalue weighted by Crippen LogP contribution is 2.35. The maximum Gasteiger partial charge on any atom is 0.180 e. The zero-order valence-electron chi connectivity index (χ0n) is 11.5. The van der Waals surface area contributed by atoms with Crippen LogP contribution in [0.25, 0.3) is 0 Å². The van der Waals surface area contributed by atoms with Gasteiger partial charge in [-0.2, -0.15) is 0 Å². The highest BCUT2D eigenvalue weighted by Gasteiger charge is 2.45. The molecule has 1 fully saturated rings. The van der Waals surface area contributed by atoms with E-state index in [4.69, 9.17) is 0 Å². The number of hydrogen-bond acceptors (Lipinski definition) is 3. The molecule has 1 aromatic rings. The zero-order valence-corrected chi connectivity index (χ0v) is 11.5. The molecule has 1 aromatic carbocycles. The van der Waals surface area contributed by atoms with Gasteiger partial charge in [-0.3, -0.25) is 14.4 Å². The molecule has 0 amide bonds. The van der Waals surface area contributed by atoms with E-state index in [1.807, 2.05) is 19.1 Å². The third-order valence-electron chi connectivity index (χ3n) is 3.85. The third-order valence-corrected chi connectivity index (χ3v) is 3.85. The van der Waals surface area contributed by atoms with Gasteiger partial charge in [0.2, 0.25) is 0 Å². The average Bonchev–Trinajstić information content (AvgIpc) is 2.36. The largest absolute Gasteiger partial charge is 0.298 e. The Kier molecular flexibility index (Phi) is 3.40. The Labute approximate surface area is 113 Å². The van der Waals surface area contributed by atoms with Gasteiger partial charge >= 0.3 is 0 Å². The van der Waals surface area contributed by atoms with Crippen molar-refractivity contribution in [3.05, 3.63) is 35.4 Å². The lowest BCUT2D eigenvalue weighted by atomic mass is 9.68. The SMILES string of the molecule is Cc1ccc(C(=O)C2C(=O)CCC(C)(C)C2=O)cc1. The van der Waals surface area contributed by atoms with Gasteiger partial charge in [-0.1, -0.05) is 43.7 Å². The lowest BCUT2D eigenvalue weighted by Crippen LogP contribution is -2.44. The summed E-state index contributed by atoms with van der Waals surface area (Å²) in [4.78, 5) is 36.6. The highest BCUT2D eigenvalue weighted by atomic mass is 16.2. The van der Waals surface area contributed by atoms with Crippen LogP contribution in [0.3, 0.4) is 0 Å². The molecule has 0 radical (unpaired) electrons. The van der Waals surface area contributed by atoms with Crippen LogP contribution in [0.2, 0.25) is 0 Å². The van der Waals surface area contributed by atoms with Crippen molar-refractivity contribution in [3.8, 4) is 0 Å². The quantitative estimate of drug-likeness (QED) is 0.605. The van der Waals surface area contributed by atoms with Gasteiger partial charge in [-0.15, -0.1) is 0 Å². The summed E-state index contributed by atoms with van der Waals surface area (Å²) in [6.45, 7) is 5.53. The summed E-state index contributed by atoms with van der Waals surface area (Å²) in [6, 6.07) is 6.99. The molecule has 19 heavy (non-hydrogen) atoms. The van der Waals surface area contributed by atoms with E-state index in [1.165, 1.54) is 0 Å². The Morgan fingerprint density at radius 1 is 1.16 bits per heavy atom. The minimum Gasteiger partial charge on any atom is -0.298 e. The summed E-state index contributed by atoms with van der Waals surface area (Å²) < 4.78 is 0. The van der Waals surface area contributed by atoms with E-state index >= 15 is 0 Å². The molecule has 0 N–H and O–H groups in total. The van der Waals surface area contributed by atoms with Crippen LogP contribution in [0.5, 0.6) is 0 Å². The first-order valence-corrected chi connectivity index (χ1v) is 6.51. The molecule has 0 saturated heterocycles. The molecule has 3 nitrogen and oxygen atoms in total. The molecule has 1 aliphatic rings. The smallest absolute Gasteiger partial charge is 0.180 e. The van der Waals surface area contributed by atoms with Gasteiger partial charge in [0.15, 0.2) is 17.3 Å². The Morgan fingerprint density at radius 2 is 1.74 bits per heavy atom. The van der Waals surface area contributed by atoms with E-state index in [-0.39, 0.29) is 17.3 Å². The first-order chi connectivity index (χ1) is 8.83. The molecule has 100 valence electrons. The Morgan fingerprint density at radius 3 is 2.32 bits per heavy atom. The van der Waals surface area contributed by atoms with Crippen LogP contribution in [-0.4, -0.2) is 17.3 Å². The average molecular weight is 258 g/mol. The molecule has 1 unspecified atom stereocenters. The van der Waals surface area contributed by atoms with Gasteiger partial charge in [0.25, 0.3) is 0 Å². The van der Waals surface area contributed by atoms with Crippen LogP contribution < -0.4 is 0 Å². The van der Waals surface area contributed by atoms with Crippen LogP contribution in [0.15, 0.2) is 24.3 Å². The second-order valence-electron chi connectivity index (χ2n) is 5.88. The molecule has 1 atom stereocenters. The van der Waals surface area contributed by atoms with Crippen LogP contribution in [0, 0.1) is 18.3 Å². The predicted octanol–water partition coefficient (Wildman–Crippen LogP) is 2.75. The lowest BCUT2D eigenvalue weighted by molar-refractivity contribution is -0.140. The Hall–Kier alpha value is -1.77. The van der Waals surface area contributed by atoms with Crippen molar-refractivity contribution < 1.29 is 14.4 Å². The van der Waals surface area contributed by atoms with Crippen LogP contribution in [0.4, 0.5) is 0 Å². The molecule has 0 heterocycles. The molecule has 0 aliphatic heterocycles. The summed E-state index contributed by atoms with van der Waals surface area (Å²) in [5, 5.41) is 0. The predicted molar refractivity (Wildman–Crippen MR) is 72.0 cm³/mol. The number of carbonyl (C=O) groups excluding carboxylic acids is 3. The maximum absolute atomic E-state index is 12.4. The molecule has 0 aromatic heterocycles. The van der Waals surface area contributed by atoms with E-state index in [9.17, 15) is 14.4 Å². The van der Waals surface area contributed by atoms with Gasteiger partial charge in [-0.05, 0) is 13.3 Å². The number of hydrogen-bond donors (Lipinski definition) is 0. The van der Waals surface area contributed by atoms with E-state index in [2.05, 4.69) is 0 Å². The van der Waals surface area contributed by atoms with Crippen LogP contribution in [-0.2, 0) is 9.59 Å². The van der Waals surface area contributed by atoms with Gasteiger partial charge in [0.1, 0.15) is 5.92 Å². The third kappa shape index (κ3) is 2.50. The van der Waals surface area contributed by atoms with E-state index < -0.39 is 11.3 Å². The first-order valence-electron chi connectivity index (χ1n) is 6.51. The van der Waals surface area contributed by atoms with Crippen molar-refractivity contribution in [2.45, 2.75) is 33.6 Å². The minimum atomic E-state index is -1.11. The van der Waals surface area contributed by atoms with Gasteiger partial charge in [-0.25, -0.2) is 0 Å². The fourth-order valence-electron chi connectivity index (χ4n) is 2.39. The van der Waals surface area contributed by atoms with Gasteiger partial charge < -0.3 is 0 Å². The van der Waals surface area contributed by atoms with Crippen LogP contribution in [0.1, 0.15) is 42.6 Å². The molecule has 1 aliphatic carbocycles. The second-order valence-corrected chi connectivity index (χ2v) is 5.88. The fraction of sp³-hybridized carbons (Fsp3) is 0.438. The van der Waals surface area contributed by atoms with E-state index in [0.717, 1.165) is 5.56 Å². The number of benzene rings is 1. The van der Waals surface area contributed by atoms with Crippen LogP contribution >= 0.6 is 0 Å². The standard InChI is InChI=1S/C16H18O3/c1-10-4-6-11(7-5-10)14(18)13-12(17)8-9-16(2,3)15(13)19/h4-7,13H,8-9H2,1-3H3. The number of Topliss-reactive ketones (excluding diaryl/α,β-unsaturated/α-hetero) is 3. The van der Waals surface area contributed by atoms with Crippen molar-refractivity contribution in [1.82, 2.24) is 0 Å². The summed E-state index contributed by atoms with van der Waals surface area (Å²) in [7, 11) is 0. The number of ketones is 3. The topological polar surface area (TPSA) is 51.2 Å². The minimum absolute atomic E-state index is 0.241. The van der Waals surface area contributed by atoms with Gasteiger partial charge in [0.05, 0.1) is 0 Å². The summed E-state index contributed by atoms with van der Waals surface area (Å²) in [5.41, 5.74) is 0.895. The van der Waals surface area contributed by atoms with Gasteiger partial charge in [0, 0.05) is 17.4 Å². The monoisotopic (exact) mass is 258 g/mol. The van der Waals surface area contributed by atoms with Crippen molar-refractivity contribution in [2.24, 2.45) is 11.3 Å². The summed E-state index contributed by atoms with van der Waals surface area (Å²) in [6.07, 6.45) is 0.837. The van der Waals surface area contributed by atoms with Crippen molar-refractivity contribution in [2.75, 3.05) is 0 Å². The highest BCUT2D eigenvalue weighted by molar-refractivity contribution is 6.26. The van der Waals surface area contributed by atoms with Crippen molar-refractivity contribution >= 4 is 17.3 Å². The Balaban J connectivity index is 2.33. The molecule has 2 rings (SSSR count). The number of rotatable bonds is 2. The molecular weight excluding hydrogens is 240 g/mol. The van der Waals surface area contributed by atoms with E-state index in [1.54, 1.807) is 26.0 Å². The lowest BCUT2D eigenvalue weighted by Gasteiger charge is -2.31. The zero-order chi connectivity index (χ0) is 14.2. The molecule has 3 heteroatoms. The summed E-state index contributed by atoms with van der Waals surface area (Å²) >= 11 is 0. The normalized spacial score (nSPS) is 22.4. The Bertz CT molecular complexity index is 538. The fourth-order valence-corrected chi connectivity index (χ4v) is 2.39. The second kappa shape index (κ2) is 4.72. The maximum atomic E-state index is 12.4. The molecule has 1 saturated carbocycles.